The summed E-state index contributed by atoms with van der Waals surface area (Å²) < 4.78 is 1.94. The molecule has 0 fully saturated rings. The van der Waals surface area contributed by atoms with Crippen LogP contribution < -0.4 is 5.32 Å². The van der Waals surface area contributed by atoms with Gasteiger partial charge in [0.2, 0.25) is 5.91 Å². The fourth-order valence-corrected chi connectivity index (χ4v) is 4.00. The van der Waals surface area contributed by atoms with Gasteiger partial charge in [-0.3, -0.25) is 4.79 Å². The van der Waals surface area contributed by atoms with Crippen LogP contribution in [-0.4, -0.2) is 26.4 Å². The first-order valence-electron chi connectivity index (χ1n) is 9.87. The zero-order valence-electron chi connectivity index (χ0n) is 17.4. The van der Waals surface area contributed by atoms with Crippen molar-refractivity contribution in [1.29, 1.82) is 0 Å². The smallest absolute Gasteiger partial charge is 0.230 e. The average Bonchev–Trinajstić information content (AvgIpc) is 3.07. The molecule has 1 N–H and O–H groups in total. The summed E-state index contributed by atoms with van der Waals surface area (Å²) in [5.41, 5.74) is 3.34. The summed E-state index contributed by atoms with van der Waals surface area (Å²) in [7, 11) is 1.93. The highest BCUT2D eigenvalue weighted by Crippen LogP contribution is 2.24. The van der Waals surface area contributed by atoms with Gasteiger partial charge in [0.05, 0.1) is 11.8 Å². The van der Waals surface area contributed by atoms with Crippen LogP contribution in [0.1, 0.15) is 37.4 Å². The summed E-state index contributed by atoms with van der Waals surface area (Å²) >= 11 is 1.41. The lowest BCUT2D eigenvalue weighted by molar-refractivity contribution is -0.119. The minimum absolute atomic E-state index is 0.00427. The van der Waals surface area contributed by atoms with E-state index in [4.69, 9.17) is 0 Å². The molecule has 1 aromatic heterocycles. The Bertz CT molecular complexity index is 953. The van der Waals surface area contributed by atoms with Crippen LogP contribution in [0.25, 0.3) is 11.4 Å². The number of nitrogens with one attached hydrogen (secondary N) is 1. The van der Waals surface area contributed by atoms with Crippen molar-refractivity contribution in [3.05, 3.63) is 65.7 Å². The molecular weight excluding hydrogens is 380 g/mol. The van der Waals surface area contributed by atoms with Crippen LogP contribution in [0.3, 0.4) is 0 Å². The number of rotatable bonds is 8. The Morgan fingerprint density at radius 2 is 1.86 bits per heavy atom. The van der Waals surface area contributed by atoms with Crippen LogP contribution in [0.5, 0.6) is 0 Å². The molecule has 1 heterocycles. The number of thioether (sulfide) groups is 1. The molecule has 152 valence electrons. The van der Waals surface area contributed by atoms with Gasteiger partial charge in [-0.2, -0.15) is 0 Å². The largest absolute Gasteiger partial charge is 0.349 e. The summed E-state index contributed by atoms with van der Waals surface area (Å²) in [6.07, 6.45) is 0.905. The summed E-state index contributed by atoms with van der Waals surface area (Å²) in [6, 6.07) is 18.3. The van der Waals surface area contributed by atoms with Crippen LogP contribution in [0, 0.1) is 12.8 Å². The molecule has 0 saturated heterocycles. The van der Waals surface area contributed by atoms with E-state index >= 15 is 0 Å². The van der Waals surface area contributed by atoms with E-state index in [1.54, 1.807) is 0 Å². The van der Waals surface area contributed by atoms with E-state index in [1.807, 2.05) is 41.9 Å². The fourth-order valence-electron chi connectivity index (χ4n) is 3.28. The highest BCUT2D eigenvalue weighted by atomic mass is 32.2. The van der Waals surface area contributed by atoms with Crippen molar-refractivity contribution in [2.75, 3.05) is 5.75 Å². The topological polar surface area (TPSA) is 59.8 Å². The zero-order chi connectivity index (χ0) is 20.8. The Kier molecular flexibility index (Phi) is 7.09. The summed E-state index contributed by atoms with van der Waals surface area (Å²) in [5, 5.41) is 12.5. The Morgan fingerprint density at radius 1 is 1.10 bits per heavy atom. The molecule has 0 aliphatic rings. The van der Waals surface area contributed by atoms with E-state index < -0.39 is 0 Å². The molecule has 0 aliphatic carbocycles. The average molecular weight is 409 g/mol. The number of carbonyl (C=O) groups excluding carboxylic acids is 1. The molecule has 3 rings (SSSR count). The van der Waals surface area contributed by atoms with Gasteiger partial charge in [-0.25, -0.2) is 0 Å². The molecule has 1 atom stereocenters. The van der Waals surface area contributed by atoms with Crippen LogP contribution in [0.2, 0.25) is 0 Å². The first kappa shape index (κ1) is 21.1. The van der Waals surface area contributed by atoms with E-state index in [0.717, 1.165) is 28.5 Å². The van der Waals surface area contributed by atoms with E-state index in [9.17, 15) is 4.79 Å². The number of hydrogen-bond acceptors (Lipinski definition) is 4. The molecule has 5 nitrogen and oxygen atoms in total. The highest BCUT2D eigenvalue weighted by Gasteiger charge is 2.18. The molecule has 6 heteroatoms. The Labute approximate surface area is 176 Å². The van der Waals surface area contributed by atoms with Gasteiger partial charge >= 0.3 is 0 Å². The van der Waals surface area contributed by atoms with Crippen molar-refractivity contribution in [3.8, 4) is 11.4 Å². The van der Waals surface area contributed by atoms with Crippen LogP contribution in [-0.2, 0) is 11.8 Å². The fraction of sp³-hybridized carbons (Fsp3) is 0.348. The third-order valence-corrected chi connectivity index (χ3v) is 5.71. The molecule has 2 aromatic carbocycles. The SMILES string of the molecule is Cc1cccc(-c2nnc(SCC(=O)NC(CC(C)C)c3ccccc3)n2C)c1. The van der Waals surface area contributed by atoms with Crippen molar-refractivity contribution >= 4 is 17.7 Å². The van der Waals surface area contributed by atoms with Gasteiger partial charge < -0.3 is 9.88 Å². The minimum Gasteiger partial charge on any atom is -0.349 e. The third kappa shape index (κ3) is 5.70. The quantitative estimate of drug-likeness (QED) is 0.545. The van der Waals surface area contributed by atoms with Gasteiger partial charge in [-0.05, 0) is 30.9 Å². The molecule has 0 spiro atoms. The van der Waals surface area contributed by atoms with Gasteiger partial charge in [-0.1, -0.05) is 79.7 Å². The van der Waals surface area contributed by atoms with E-state index in [-0.39, 0.29) is 11.9 Å². The number of carbonyl (C=O) groups is 1. The predicted molar refractivity (Wildman–Crippen MR) is 119 cm³/mol. The lowest BCUT2D eigenvalue weighted by atomic mass is 9.97. The van der Waals surface area contributed by atoms with Crippen molar-refractivity contribution in [2.24, 2.45) is 13.0 Å². The van der Waals surface area contributed by atoms with Gasteiger partial charge in [-0.15, -0.1) is 10.2 Å². The highest BCUT2D eigenvalue weighted by molar-refractivity contribution is 7.99. The standard InChI is InChI=1S/C23H28N4OS/c1-16(2)13-20(18-10-6-5-7-11-18)24-21(28)15-29-23-26-25-22(27(23)4)19-12-8-9-17(3)14-19/h5-12,14,16,20H,13,15H2,1-4H3,(H,24,28). The third-order valence-electron chi connectivity index (χ3n) is 4.69. The second-order valence-electron chi connectivity index (χ2n) is 7.68. The summed E-state index contributed by atoms with van der Waals surface area (Å²) in [4.78, 5) is 12.6. The molecule has 3 aromatic rings. The molecule has 1 unspecified atom stereocenters. The molecule has 0 saturated carbocycles. The molecule has 1 amide bonds. The first-order valence-corrected chi connectivity index (χ1v) is 10.9. The second-order valence-corrected chi connectivity index (χ2v) is 8.63. The van der Waals surface area contributed by atoms with E-state index in [2.05, 4.69) is 60.6 Å². The molecular formula is C23H28N4OS. The number of nitrogens with zero attached hydrogens (tertiary/aromatic N) is 3. The van der Waals surface area contributed by atoms with Gasteiger partial charge in [0.25, 0.3) is 0 Å². The Hall–Kier alpha value is -2.60. The maximum atomic E-state index is 12.6. The summed E-state index contributed by atoms with van der Waals surface area (Å²) in [5.74, 6) is 1.60. The first-order chi connectivity index (χ1) is 13.9. The second kappa shape index (κ2) is 9.74. The lowest BCUT2D eigenvalue weighted by Gasteiger charge is -2.21. The number of aromatic nitrogens is 3. The number of benzene rings is 2. The summed E-state index contributed by atoms with van der Waals surface area (Å²) in [6.45, 7) is 6.40. The van der Waals surface area contributed by atoms with Gasteiger partial charge in [0, 0.05) is 12.6 Å². The molecule has 29 heavy (non-hydrogen) atoms. The van der Waals surface area contributed by atoms with Crippen molar-refractivity contribution < 1.29 is 4.79 Å². The van der Waals surface area contributed by atoms with Crippen LogP contribution in [0.15, 0.2) is 59.8 Å². The van der Waals surface area contributed by atoms with Crippen molar-refractivity contribution in [2.45, 2.75) is 38.4 Å². The number of amides is 1. The van der Waals surface area contributed by atoms with Crippen LogP contribution >= 0.6 is 11.8 Å². The molecule has 0 aliphatic heterocycles. The van der Waals surface area contributed by atoms with Crippen LogP contribution in [0.4, 0.5) is 0 Å². The van der Waals surface area contributed by atoms with E-state index in [1.165, 1.54) is 17.3 Å². The van der Waals surface area contributed by atoms with Crippen molar-refractivity contribution in [3.63, 3.8) is 0 Å². The van der Waals surface area contributed by atoms with Gasteiger partial charge in [0.15, 0.2) is 11.0 Å². The number of hydrogen-bond donors (Lipinski definition) is 1. The normalized spacial score (nSPS) is 12.2. The zero-order valence-corrected chi connectivity index (χ0v) is 18.2. The lowest BCUT2D eigenvalue weighted by Crippen LogP contribution is -2.31. The Morgan fingerprint density at radius 3 is 2.55 bits per heavy atom. The number of aryl methyl sites for hydroxylation is 1. The van der Waals surface area contributed by atoms with E-state index in [0.29, 0.717) is 11.7 Å². The Balaban J connectivity index is 1.64. The van der Waals surface area contributed by atoms with Gasteiger partial charge in [0.1, 0.15) is 0 Å². The minimum atomic E-state index is 0.00427. The maximum absolute atomic E-state index is 12.6. The predicted octanol–water partition coefficient (Wildman–Crippen LogP) is 4.79. The maximum Gasteiger partial charge on any atom is 0.230 e. The molecule has 0 radical (unpaired) electrons. The molecule has 0 bridgehead atoms. The monoisotopic (exact) mass is 408 g/mol. The van der Waals surface area contributed by atoms with Crippen molar-refractivity contribution in [1.82, 2.24) is 20.1 Å².